The number of hydrogen-bond acceptors (Lipinski definition) is 7. The van der Waals surface area contributed by atoms with Gasteiger partial charge >= 0.3 is 11.9 Å². The van der Waals surface area contributed by atoms with Gasteiger partial charge in [0.15, 0.2) is 15.8 Å². The molecule has 1 saturated heterocycles. The van der Waals surface area contributed by atoms with Gasteiger partial charge in [0.2, 0.25) is 5.78 Å². The van der Waals surface area contributed by atoms with Gasteiger partial charge in [-0.3, -0.25) is 14.4 Å². The third-order valence-corrected chi connectivity index (χ3v) is 6.57. The topological polar surface area (TPSA) is 109 Å². The molecule has 0 spiro atoms. The molecule has 1 aromatic carbocycles. The summed E-state index contributed by atoms with van der Waals surface area (Å²) in [5, 5.41) is -0.0224. The highest BCUT2D eigenvalue weighted by molar-refractivity contribution is 7.90. The average molecular weight is 476 g/mol. The van der Waals surface area contributed by atoms with Crippen LogP contribution in [0.15, 0.2) is 41.4 Å². The standard InChI is InChI=1S/C24H29NO7S/c1-5-6-10-17-15-19(33(4,29)30)25(20(17)21(26)16-11-8-7-9-12-16)14-13-18-22(27)31-24(2,3)32-23(18)28/h7-9,11-12,15,18H,5-6,10,13-14H2,1-4H3. The van der Waals surface area contributed by atoms with Crippen LogP contribution in [0.3, 0.4) is 0 Å². The van der Waals surface area contributed by atoms with Crippen LogP contribution in [-0.4, -0.2) is 42.7 Å². The molecule has 0 atom stereocenters. The number of esters is 2. The lowest BCUT2D eigenvalue weighted by Crippen LogP contribution is -2.46. The van der Waals surface area contributed by atoms with Crippen LogP contribution in [-0.2, 0) is 41.9 Å². The van der Waals surface area contributed by atoms with Crippen LogP contribution in [0.4, 0.5) is 0 Å². The van der Waals surface area contributed by atoms with Gasteiger partial charge in [0.25, 0.3) is 5.79 Å². The smallest absolute Gasteiger partial charge is 0.323 e. The number of sulfone groups is 1. The Morgan fingerprint density at radius 2 is 1.70 bits per heavy atom. The summed E-state index contributed by atoms with van der Waals surface area (Å²) in [6.07, 6.45) is 3.19. The fourth-order valence-corrected chi connectivity index (χ4v) is 4.84. The predicted octanol–water partition coefficient (Wildman–Crippen LogP) is 3.31. The number of aryl methyl sites for hydroxylation is 1. The molecule has 3 rings (SSSR count). The van der Waals surface area contributed by atoms with E-state index in [-0.39, 0.29) is 29.5 Å². The molecule has 1 aromatic heterocycles. The minimum absolute atomic E-state index is 0.0224. The molecule has 0 bridgehead atoms. The van der Waals surface area contributed by atoms with E-state index in [9.17, 15) is 22.8 Å². The lowest BCUT2D eigenvalue weighted by atomic mass is 10.0. The summed E-state index contributed by atoms with van der Waals surface area (Å²) < 4.78 is 37.0. The van der Waals surface area contributed by atoms with Gasteiger partial charge in [0, 0.05) is 32.2 Å². The monoisotopic (exact) mass is 475 g/mol. The van der Waals surface area contributed by atoms with Crippen molar-refractivity contribution in [2.45, 2.75) is 63.8 Å². The second-order valence-corrected chi connectivity index (χ2v) is 10.6. The predicted molar refractivity (Wildman–Crippen MR) is 120 cm³/mol. The van der Waals surface area contributed by atoms with Crippen molar-refractivity contribution in [3.63, 3.8) is 0 Å². The first-order valence-corrected chi connectivity index (χ1v) is 12.8. The molecule has 0 aliphatic carbocycles. The van der Waals surface area contributed by atoms with E-state index in [0.717, 1.165) is 19.1 Å². The van der Waals surface area contributed by atoms with Crippen LogP contribution in [0.5, 0.6) is 0 Å². The second kappa shape index (κ2) is 9.51. The molecule has 0 amide bonds. The molecule has 9 heteroatoms. The zero-order chi connectivity index (χ0) is 24.4. The summed E-state index contributed by atoms with van der Waals surface area (Å²) in [5.41, 5.74) is 1.31. The van der Waals surface area contributed by atoms with Crippen molar-refractivity contribution in [1.82, 2.24) is 4.57 Å². The van der Waals surface area contributed by atoms with Gasteiger partial charge in [-0.1, -0.05) is 43.7 Å². The van der Waals surface area contributed by atoms with Gasteiger partial charge in [0.1, 0.15) is 5.03 Å². The molecular formula is C24H29NO7S. The Morgan fingerprint density at radius 1 is 1.09 bits per heavy atom. The first-order valence-electron chi connectivity index (χ1n) is 10.9. The number of ketones is 1. The summed E-state index contributed by atoms with van der Waals surface area (Å²) in [5.74, 6) is -4.33. The Morgan fingerprint density at radius 3 is 2.24 bits per heavy atom. The molecule has 2 aromatic rings. The third kappa shape index (κ3) is 5.52. The van der Waals surface area contributed by atoms with Gasteiger partial charge in [-0.05, 0) is 30.9 Å². The van der Waals surface area contributed by atoms with Crippen LogP contribution in [0.25, 0.3) is 0 Å². The van der Waals surface area contributed by atoms with Crippen molar-refractivity contribution in [2.24, 2.45) is 5.92 Å². The van der Waals surface area contributed by atoms with Crippen molar-refractivity contribution < 1.29 is 32.3 Å². The summed E-state index contributed by atoms with van der Waals surface area (Å²) in [6, 6.07) is 10.1. The molecule has 1 aliphatic heterocycles. The lowest BCUT2D eigenvalue weighted by molar-refractivity contribution is -0.240. The van der Waals surface area contributed by atoms with Crippen molar-refractivity contribution in [3.8, 4) is 0 Å². The number of unbranched alkanes of at least 4 members (excludes halogenated alkanes) is 1. The van der Waals surface area contributed by atoms with Crippen LogP contribution < -0.4 is 0 Å². The van der Waals surface area contributed by atoms with Crippen LogP contribution in [0.2, 0.25) is 0 Å². The first-order chi connectivity index (χ1) is 15.4. The van der Waals surface area contributed by atoms with Crippen molar-refractivity contribution >= 4 is 27.6 Å². The molecule has 0 unspecified atom stereocenters. The molecular weight excluding hydrogens is 446 g/mol. The van der Waals surface area contributed by atoms with E-state index in [1.54, 1.807) is 30.3 Å². The van der Waals surface area contributed by atoms with Gasteiger partial charge in [-0.15, -0.1) is 0 Å². The zero-order valence-electron chi connectivity index (χ0n) is 19.3. The number of carbonyl (C=O) groups excluding carboxylic acids is 3. The minimum Gasteiger partial charge on any atom is -0.422 e. The summed E-state index contributed by atoms with van der Waals surface area (Å²) in [6.45, 7) is 4.89. The fraction of sp³-hybridized carbons (Fsp3) is 0.458. The maximum atomic E-state index is 13.5. The number of ether oxygens (including phenoxy) is 2. The van der Waals surface area contributed by atoms with Crippen LogP contribution >= 0.6 is 0 Å². The Hall–Kier alpha value is -2.94. The highest BCUT2D eigenvalue weighted by atomic mass is 32.2. The number of benzene rings is 1. The summed E-state index contributed by atoms with van der Waals surface area (Å²) in [7, 11) is -3.70. The van der Waals surface area contributed by atoms with Gasteiger partial charge in [0.05, 0.1) is 5.69 Å². The molecule has 33 heavy (non-hydrogen) atoms. The minimum atomic E-state index is -3.70. The zero-order valence-corrected chi connectivity index (χ0v) is 20.1. The Labute approximate surface area is 193 Å². The van der Waals surface area contributed by atoms with E-state index in [1.165, 1.54) is 24.5 Å². The molecule has 0 N–H and O–H groups in total. The molecule has 0 saturated carbocycles. The summed E-state index contributed by atoms with van der Waals surface area (Å²) in [4.78, 5) is 38.2. The Balaban J connectivity index is 2.04. The van der Waals surface area contributed by atoms with Crippen LogP contribution in [0.1, 0.15) is 61.6 Å². The Kier molecular flexibility index (Phi) is 7.11. The number of carbonyl (C=O) groups is 3. The number of nitrogens with zero attached hydrogens (tertiary/aromatic N) is 1. The molecule has 178 valence electrons. The third-order valence-electron chi connectivity index (χ3n) is 5.47. The van der Waals surface area contributed by atoms with E-state index in [1.807, 2.05) is 6.92 Å². The lowest BCUT2D eigenvalue weighted by Gasteiger charge is -2.33. The molecule has 0 radical (unpaired) electrons. The van der Waals surface area contributed by atoms with Gasteiger partial charge < -0.3 is 14.0 Å². The van der Waals surface area contributed by atoms with E-state index in [0.29, 0.717) is 17.5 Å². The quantitative estimate of drug-likeness (QED) is 0.311. The number of hydrogen-bond donors (Lipinski definition) is 0. The largest absolute Gasteiger partial charge is 0.422 e. The summed E-state index contributed by atoms with van der Waals surface area (Å²) >= 11 is 0. The van der Waals surface area contributed by atoms with Gasteiger partial charge in [-0.25, -0.2) is 8.42 Å². The van der Waals surface area contributed by atoms with Gasteiger partial charge in [-0.2, -0.15) is 0 Å². The van der Waals surface area contributed by atoms with Crippen molar-refractivity contribution in [1.29, 1.82) is 0 Å². The number of rotatable bonds is 9. The molecule has 2 heterocycles. The first kappa shape index (κ1) is 24.7. The molecule has 1 aliphatic rings. The van der Waals surface area contributed by atoms with E-state index in [4.69, 9.17) is 9.47 Å². The number of cyclic esters (lactones) is 2. The number of aromatic nitrogens is 1. The molecule has 8 nitrogen and oxygen atoms in total. The maximum Gasteiger partial charge on any atom is 0.323 e. The second-order valence-electron chi connectivity index (χ2n) is 8.66. The highest BCUT2D eigenvalue weighted by Crippen LogP contribution is 2.29. The van der Waals surface area contributed by atoms with Crippen LogP contribution in [0, 0.1) is 5.92 Å². The van der Waals surface area contributed by atoms with E-state index < -0.39 is 33.5 Å². The van der Waals surface area contributed by atoms with E-state index in [2.05, 4.69) is 0 Å². The molecule has 1 fully saturated rings. The van der Waals surface area contributed by atoms with Crippen molar-refractivity contribution in [3.05, 3.63) is 53.2 Å². The normalized spacial score (nSPS) is 16.4. The SMILES string of the molecule is CCCCc1cc(S(C)(=O)=O)n(CCC2C(=O)OC(C)(C)OC2=O)c1C(=O)c1ccccc1. The highest BCUT2D eigenvalue weighted by Gasteiger charge is 2.43. The fourth-order valence-electron chi connectivity index (χ4n) is 3.90. The Bertz CT molecular complexity index is 1140. The maximum absolute atomic E-state index is 13.5. The average Bonchev–Trinajstić information content (AvgIpc) is 3.09. The van der Waals surface area contributed by atoms with Crippen molar-refractivity contribution in [2.75, 3.05) is 6.26 Å². The van der Waals surface area contributed by atoms with E-state index >= 15 is 0 Å².